The molecule has 0 aliphatic carbocycles. The number of hydrogen-bond donors (Lipinski definition) is 1. The van der Waals surface area contributed by atoms with Crippen LogP contribution < -0.4 is 10.6 Å². The molecule has 0 aliphatic heterocycles. The molecule has 2 nitrogen and oxygen atoms in total. The van der Waals surface area contributed by atoms with Gasteiger partial charge in [-0.15, -0.1) is 0 Å². The molecule has 0 spiro atoms. The highest BCUT2D eigenvalue weighted by Gasteiger charge is 2.27. The number of benzene rings is 2. The zero-order valence-corrected chi connectivity index (χ0v) is 12.7. The van der Waals surface area contributed by atoms with Crippen LogP contribution >= 0.6 is 0 Å². The first-order chi connectivity index (χ1) is 10.1. The minimum Gasteiger partial charge on any atom is -0.371 e. The fraction of sp³-hybridized carbons (Fsp3) is 0.333. The van der Waals surface area contributed by atoms with Gasteiger partial charge < -0.3 is 10.6 Å². The topological polar surface area (TPSA) is 29.3 Å². The smallest absolute Gasteiger partial charge is 0.123 e. The number of nitrogens with zero attached hydrogens (tertiary/aromatic N) is 1. The van der Waals surface area contributed by atoms with Crippen LogP contribution in [0.2, 0.25) is 0 Å². The van der Waals surface area contributed by atoms with E-state index in [1.807, 2.05) is 30.3 Å². The SMILES string of the molecule is CCN(CC(C)(CN)c1ccccc1)c1ccc(F)cc1. The Morgan fingerprint density at radius 3 is 2.19 bits per heavy atom. The van der Waals surface area contributed by atoms with Gasteiger partial charge in [-0.3, -0.25) is 0 Å². The van der Waals surface area contributed by atoms with Crippen molar-refractivity contribution in [2.45, 2.75) is 19.3 Å². The van der Waals surface area contributed by atoms with Crippen molar-refractivity contribution in [1.29, 1.82) is 0 Å². The standard InChI is InChI=1S/C18H23FN2/c1-3-21(17-11-9-16(19)10-12-17)14-18(2,13-20)15-7-5-4-6-8-15/h4-12H,3,13-14,20H2,1-2H3. The second-order valence-electron chi connectivity index (χ2n) is 5.62. The Hall–Kier alpha value is -1.87. The van der Waals surface area contributed by atoms with Crippen molar-refractivity contribution in [3.8, 4) is 0 Å². The van der Waals surface area contributed by atoms with E-state index >= 15 is 0 Å². The summed E-state index contributed by atoms with van der Waals surface area (Å²) in [7, 11) is 0. The largest absolute Gasteiger partial charge is 0.371 e. The van der Waals surface area contributed by atoms with Gasteiger partial charge in [-0.1, -0.05) is 37.3 Å². The van der Waals surface area contributed by atoms with Gasteiger partial charge in [0.15, 0.2) is 0 Å². The van der Waals surface area contributed by atoms with E-state index in [2.05, 4.69) is 30.9 Å². The van der Waals surface area contributed by atoms with E-state index in [0.29, 0.717) is 6.54 Å². The average Bonchev–Trinajstić information content (AvgIpc) is 2.54. The van der Waals surface area contributed by atoms with Gasteiger partial charge in [0, 0.05) is 30.7 Å². The molecule has 0 bridgehead atoms. The Morgan fingerprint density at radius 1 is 1.05 bits per heavy atom. The van der Waals surface area contributed by atoms with Crippen molar-refractivity contribution in [3.05, 3.63) is 66.0 Å². The molecule has 2 N–H and O–H groups in total. The number of rotatable bonds is 6. The van der Waals surface area contributed by atoms with Crippen LogP contribution in [-0.4, -0.2) is 19.6 Å². The monoisotopic (exact) mass is 286 g/mol. The number of hydrogen-bond acceptors (Lipinski definition) is 2. The molecule has 1 unspecified atom stereocenters. The van der Waals surface area contributed by atoms with Crippen LogP contribution in [0.3, 0.4) is 0 Å². The lowest BCUT2D eigenvalue weighted by molar-refractivity contribution is 0.477. The lowest BCUT2D eigenvalue weighted by Gasteiger charge is -2.36. The number of halogens is 1. The molecule has 0 aromatic heterocycles. The van der Waals surface area contributed by atoms with Crippen LogP contribution in [0.25, 0.3) is 0 Å². The van der Waals surface area contributed by atoms with Crippen LogP contribution in [0.1, 0.15) is 19.4 Å². The Bertz CT molecular complexity index is 553. The molecule has 2 aromatic rings. The van der Waals surface area contributed by atoms with Gasteiger partial charge in [0.25, 0.3) is 0 Å². The molecule has 0 amide bonds. The first-order valence-corrected chi connectivity index (χ1v) is 7.35. The minimum atomic E-state index is -0.209. The van der Waals surface area contributed by atoms with Crippen LogP contribution in [0.4, 0.5) is 10.1 Å². The predicted octanol–water partition coefficient (Wildman–Crippen LogP) is 3.57. The average molecular weight is 286 g/mol. The van der Waals surface area contributed by atoms with E-state index in [1.54, 1.807) is 0 Å². The molecule has 1 atom stereocenters. The molecule has 3 heteroatoms. The van der Waals surface area contributed by atoms with Crippen LogP contribution in [0, 0.1) is 5.82 Å². The van der Waals surface area contributed by atoms with Crippen molar-refractivity contribution >= 4 is 5.69 Å². The normalized spacial score (nSPS) is 13.7. The molecule has 112 valence electrons. The van der Waals surface area contributed by atoms with Crippen molar-refractivity contribution in [2.75, 3.05) is 24.5 Å². The minimum absolute atomic E-state index is 0.133. The summed E-state index contributed by atoms with van der Waals surface area (Å²) >= 11 is 0. The molecular formula is C18H23FN2. The predicted molar refractivity (Wildman–Crippen MR) is 87.1 cm³/mol. The van der Waals surface area contributed by atoms with Crippen molar-refractivity contribution < 1.29 is 4.39 Å². The van der Waals surface area contributed by atoms with Crippen molar-refractivity contribution in [2.24, 2.45) is 5.73 Å². The van der Waals surface area contributed by atoms with Crippen molar-refractivity contribution in [1.82, 2.24) is 0 Å². The third-order valence-electron chi connectivity index (χ3n) is 4.03. The summed E-state index contributed by atoms with van der Waals surface area (Å²) in [6.07, 6.45) is 0. The van der Waals surface area contributed by atoms with E-state index < -0.39 is 0 Å². The maximum Gasteiger partial charge on any atom is 0.123 e. The summed E-state index contributed by atoms with van der Waals surface area (Å²) in [6.45, 7) is 6.50. The van der Waals surface area contributed by atoms with Crippen LogP contribution in [0.15, 0.2) is 54.6 Å². The Morgan fingerprint density at radius 2 is 1.67 bits per heavy atom. The maximum absolute atomic E-state index is 13.1. The first-order valence-electron chi connectivity index (χ1n) is 7.35. The lowest BCUT2D eigenvalue weighted by atomic mass is 9.82. The molecule has 0 heterocycles. The zero-order valence-electron chi connectivity index (χ0n) is 12.7. The molecule has 0 saturated heterocycles. The number of anilines is 1. The van der Waals surface area contributed by atoms with Gasteiger partial charge in [-0.05, 0) is 36.8 Å². The van der Waals surface area contributed by atoms with E-state index in [0.717, 1.165) is 18.8 Å². The van der Waals surface area contributed by atoms with E-state index in [9.17, 15) is 4.39 Å². The Kier molecular flexibility index (Phi) is 4.97. The van der Waals surface area contributed by atoms with E-state index in [4.69, 9.17) is 5.73 Å². The summed E-state index contributed by atoms with van der Waals surface area (Å²) in [5.74, 6) is -0.209. The highest BCUT2D eigenvalue weighted by Crippen LogP contribution is 2.26. The van der Waals surface area contributed by atoms with Crippen LogP contribution in [0.5, 0.6) is 0 Å². The van der Waals surface area contributed by atoms with Gasteiger partial charge >= 0.3 is 0 Å². The molecule has 0 aliphatic rings. The quantitative estimate of drug-likeness (QED) is 0.879. The first kappa shape index (κ1) is 15.5. The third kappa shape index (κ3) is 3.61. The van der Waals surface area contributed by atoms with Gasteiger partial charge in [0.05, 0.1) is 0 Å². The highest BCUT2D eigenvalue weighted by atomic mass is 19.1. The van der Waals surface area contributed by atoms with Crippen LogP contribution in [-0.2, 0) is 5.41 Å². The molecular weight excluding hydrogens is 263 g/mol. The summed E-state index contributed by atoms with van der Waals surface area (Å²) in [5.41, 5.74) is 8.18. The van der Waals surface area contributed by atoms with E-state index in [-0.39, 0.29) is 11.2 Å². The fourth-order valence-electron chi connectivity index (χ4n) is 2.57. The number of likely N-dealkylation sites (N-methyl/N-ethyl adjacent to an activating group) is 1. The van der Waals surface area contributed by atoms with Gasteiger partial charge in [0.1, 0.15) is 5.82 Å². The molecule has 0 fully saturated rings. The number of nitrogens with two attached hydrogens (primary N) is 1. The Labute approximate surface area is 126 Å². The molecule has 2 aromatic carbocycles. The van der Waals surface area contributed by atoms with Gasteiger partial charge in [-0.2, -0.15) is 0 Å². The van der Waals surface area contributed by atoms with Crippen molar-refractivity contribution in [3.63, 3.8) is 0 Å². The summed E-state index contributed by atoms with van der Waals surface area (Å²) in [6, 6.07) is 17.0. The zero-order chi connectivity index (χ0) is 15.3. The molecule has 21 heavy (non-hydrogen) atoms. The fourth-order valence-corrected chi connectivity index (χ4v) is 2.57. The van der Waals surface area contributed by atoms with Gasteiger partial charge in [0.2, 0.25) is 0 Å². The maximum atomic E-state index is 13.1. The summed E-state index contributed by atoms with van der Waals surface area (Å²) in [5, 5.41) is 0. The summed E-state index contributed by atoms with van der Waals surface area (Å²) in [4.78, 5) is 2.24. The Balaban J connectivity index is 2.25. The van der Waals surface area contributed by atoms with E-state index in [1.165, 1.54) is 17.7 Å². The van der Waals surface area contributed by atoms with Gasteiger partial charge in [-0.25, -0.2) is 4.39 Å². The second kappa shape index (κ2) is 6.72. The third-order valence-corrected chi connectivity index (χ3v) is 4.03. The lowest BCUT2D eigenvalue weighted by Crippen LogP contribution is -2.44. The second-order valence-corrected chi connectivity index (χ2v) is 5.62. The molecule has 2 rings (SSSR count). The molecule has 0 radical (unpaired) electrons. The molecule has 0 saturated carbocycles. The summed E-state index contributed by atoms with van der Waals surface area (Å²) < 4.78 is 13.1. The highest BCUT2D eigenvalue weighted by molar-refractivity contribution is 5.47.